The van der Waals surface area contributed by atoms with E-state index in [2.05, 4.69) is 9.69 Å². The van der Waals surface area contributed by atoms with Gasteiger partial charge in [0.15, 0.2) is 5.69 Å². The van der Waals surface area contributed by atoms with Crippen LogP contribution in [0.3, 0.4) is 0 Å². The third-order valence-electron chi connectivity index (χ3n) is 5.95. The molecule has 3 amide bonds. The Kier molecular flexibility index (Phi) is 8.36. The summed E-state index contributed by atoms with van der Waals surface area (Å²) in [6.07, 6.45) is 0.702. The Hall–Kier alpha value is -3.44. The zero-order valence-electron chi connectivity index (χ0n) is 21.1. The maximum atomic E-state index is 13.9. The van der Waals surface area contributed by atoms with Gasteiger partial charge in [-0.05, 0) is 60.9 Å². The highest BCUT2D eigenvalue weighted by molar-refractivity contribution is 7.10. The van der Waals surface area contributed by atoms with Gasteiger partial charge in [-0.25, -0.2) is 0 Å². The van der Waals surface area contributed by atoms with Crippen molar-refractivity contribution in [3.63, 3.8) is 0 Å². The molecule has 36 heavy (non-hydrogen) atoms. The van der Waals surface area contributed by atoms with E-state index < -0.39 is 23.4 Å². The van der Waals surface area contributed by atoms with E-state index in [4.69, 9.17) is 11.5 Å². The molecule has 1 atom stereocenters. The molecule has 3 aromatic rings. The first-order valence-electron chi connectivity index (χ1n) is 11.4. The SMILES string of the molecule is CCC(C)(C)NC(=O)[C@H](c1ccc(N(C)C)cc1)N(Cc1cccs1)C(=O)c1snc(C(N)=O)c1N. The van der Waals surface area contributed by atoms with Crippen molar-refractivity contribution in [1.29, 1.82) is 0 Å². The van der Waals surface area contributed by atoms with Crippen molar-refractivity contribution in [3.8, 4) is 0 Å². The van der Waals surface area contributed by atoms with Crippen LogP contribution in [0.15, 0.2) is 41.8 Å². The fourth-order valence-electron chi connectivity index (χ4n) is 3.53. The molecule has 2 aromatic heterocycles. The highest BCUT2D eigenvalue weighted by atomic mass is 32.1. The third-order valence-corrected chi connectivity index (χ3v) is 7.67. The molecule has 5 N–H and O–H groups in total. The van der Waals surface area contributed by atoms with Crippen molar-refractivity contribution in [2.24, 2.45) is 5.73 Å². The molecule has 11 heteroatoms. The van der Waals surface area contributed by atoms with Gasteiger partial charge in [0.1, 0.15) is 10.9 Å². The predicted molar refractivity (Wildman–Crippen MR) is 145 cm³/mol. The Morgan fingerprint density at radius 1 is 1.14 bits per heavy atom. The number of anilines is 2. The van der Waals surface area contributed by atoms with Gasteiger partial charge in [-0.3, -0.25) is 14.4 Å². The van der Waals surface area contributed by atoms with E-state index >= 15 is 0 Å². The zero-order chi connectivity index (χ0) is 26.6. The fourth-order valence-corrected chi connectivity index (χ4v) is 4.99. The molecule has 2 heterocycles. The Morgan fingerprint density at radius 3 is 2.31 bits per heavy atom. The summed E-state index contributed by atoms with van der Waals surface area (Å²) in [5.74, 6) is -1.63. The van der Waals surface area contributed by atoms with E-state index in [0.717, 1.165) is 22.1 Å². The van der Waals surface area contributed by atoms with Crippen molar-refractivity contribution >= 4 is 52.0 Å². The molecule has 0 aliphatic heterocycles. The number of nitrogens with zero attached hydrogens (tertiary/aromatic N) is 3. The van der Waals surface area contributed by atoms with Crippen LogP contribution in [0, 0.1) is 0 Å². The molecule has 9 nitrogen and oxygen atoms in total. The molecule has 0 fully saturated rings. The maximum absolute atomic E-state index is 13.9. The van der Waals surface area contributed by atoms with Gasteiger partial charge in [-0.15, -0.1) is 11.3 Å². The second-order valence-electron chi connectivity index (χ2n) is 9.27. The number of thiophene rings is 1. The number of hydrogen-bond donors (Lipinski definition) is 3. The second kappa shape index (κ2) is 11.1. The molecule has 0 saturated heterocycles. The van der Waals surface area contributed by atoms with Crippen LogP contribution in [0.4, 0.5) is 11.4 Å². The van der Waals surface area contributed by atoms with Crippen LogP contribution >= 0.6 is 22.9 Å². The molecule has 0 radical (unpaired) electrons. The number of nitrogens with one attached hydrogen (secondary N) is 1. The fraction of sp³-hybridized carbons (Fsp3) is 0.360. The first-order chi connectivity index (χ1) is 16.9. The lowest BCUT2D eigenvalue weighted by atomic mass is 9.98. The van der Waals surface area contributed by atoms with E-state index in [-0.39, 0.29) is 28.7 Å². The first-order valence-corrected chi connectivity index (χ1v) is 13.1. The van der Waals surface area contributed by atoms with E-state index in [1.165, 1.54) is 16.2 Å². The monoisotopic (exact) mass is 528 g/mol. The molecule has 0 saturated carbocycles. The van der Waals surface area contributed by atoms with Gasteiger partial charge >= 0.3 is 0 Å². The minimum absolute atomic E-state index is 0.0674. The number of hydrogen-bond acceptors (Lipinski definition) is 8. The Bertz CT molecular complexity index is 1220. The molecule has 192 valence electrons. The Balaban J connectivity index is 2.14. The number of primary amides is 1. The Labute approximate surface area is 219 Å². The smallest absolute Gasteiger partial charge is 0.270 e. The average Bonchev–Trinajstić information content (AvgIpc) is 3.47. The molecule has 0 spiro atoms. The summed E-state index contributed by atoms with van der Waals surface area (Å²) in [7, 11) is 3.86. The lowest BCUT2D eigenvalue weighted by Crippen LogP contribution is -2.50. The normalized spacial score (nSPS) is 12.1. The number of carbonyl (C=O) groups excluding carboxylic acids is 3. The van der Waals surface area contributed by atoms with E-state index in [0.29, 0.717) is 12.0 Å². The molecule has 1 aromatic carbocycles. The number of carbonyl (C=O) groups is 3. The minimum atomic E-state index is -0.958. The summed E-state index contributed by atoms with van der Waals surface area (Å²) in [6, 6.07) is 10.3. The average molecular weight is 529 g/mol. The number of benzene rings is 1. The van der Waals surface area contributed by atoms with Gasteiger partial charge in [0.2, 0.25) is 5.91 Å². The van der Waals surface area contributed by atoms with Crippen LogP contribution in [0.2, 0.25) is 0 Å². The summed E-state index contributed by atoms with van der Waals surface area (Å²) in [4.78, 5) is 43.9. The number of amides is 3. The Morgan fingerprint density at radius 2 is 1.81 bits per heavy atom. The maximum Gasteiger partial charge on any atom is 0.270 e. The third kappa shape index (κ3) is 6.03. The van der Waals surface area contributed by atoms with E-state index in [1.54, 1.807) is 0 Å². The predicted octanol–water partition coefficient (Wildman–Crippen LogP) is 3.64. The molecule has 0 aliphatic carbocycles. The summed E-state index contributed by atoms with van der Waals surface area (Å²) in [5.41, 5.74) is 12.4. The topological polar surface area (TPSA) is 135 Å². The molecular formula is C25H32N6O3S2. The van der Waals surface area contributed by atoms with Crippen molar-refractivity contribution in [2.45, 2.75) is 45.3 Å². The summed E-state index contributed by atoms with van der Waals surface area (Å²) in [6.45, 7) is 6.02. The quantitative estimate of drug-likeness (QED) is 0.368. The molecule has 0 bridgehead atoms. The van der Waals surface area contributed by atoms with Crippen molar-refractivity contribution in [1.82, 2.24) is 14.6 Å². The van der Waals surface area contributed by atoms with Crippen molar-refractivity contribution in [3.05, 3.63) is 62.8 Å². The highest BCUT2D eigenvalue weighted by Crippen LogP contribution is 2.32. The summed E-state index contributed by atoms with van der Waals surface area (Å²) >= 11 is 2.28. The van der Waals surface area contributed by atoms with Gasteiger partial charge in [0.05, 0.1) is 12.2 Å². The van der Waals surface area contributed by atoms with E-state index in [1.807, 2.05) is 81.5 Å². The first kappa shape index (κ1) is 27.2. The zero-order valence-corrected chi connectivity index (χ0v) is 22.7. The van der Waals surface area contributed by atoms with E-state index in [9.17, 15) is 14.4 Å². The molecule has 3 rings (SSSR count). The van der Waals surface area contributed by atoms with Crippen molar-refractivity contribution < 1.29 is 14.4 Å². The summed E-state index contributed by atoms with van der Waals surface area (Å²) < 4.78 is 3.99. The molecule has 0 aliphatic rings. The van der Waals surface area contributed by atoms with Crippen LogP contribution in [0.5, 0.6) is 0 Å². The number of nitrogen functional groups attached to an aromatic ring is 1. The number of nitrogens with two attached hydrogens (primary N) is 2. The summed E-state index contributed by atoms with van der Waals surface area (Å²) in [5, 5.41) is 5.00. The van der Waals surface area contributed by atoms with Crippen molar-refractivity contribution in [2.75, 3.05) is 24.7 Å². The largest absolute Gasteiger partial charge is 0.395 e. The standard InChI is InChI=1S/C25H32N6O3S2/c1-6-25(2,3)28-23(33)20(15-9-11-16(12-10-15)30(4)5)31(14-17-8-7-13-35-17)24(34)21-18(26)19(22(27)32)29-36-21/h7-13,20H,6,14,26H2,1-5H3,(H2,27,32)(H,28,33)/t20-/m0/s1. The van der Waals surface area contributed by atoms with Crippen LogP contribution in [0.25, 0.3) is 0 Å². The lowest BCUT2D eigenvalue weighted by molar-refractivity contribution is -0.127. The van der Waals surface area contributed by atoms with Crippen LogP contribution in [-0.4, -0.2) is 46.6 Å². The second-order valence-corrected chi connectivity index (χ2v) is 11.1. The minimum Gasteiger partial charge on any atom is -0.395 e. The van der Waals surface area contributed by atoms with Gasteiger partial charge < -0.3 is 26.6 Å². The number of rotatable bonds is 10. The molecule has 0 unspecified atom stereocenters. The van der Waals surface area contributed by atoms with Gasteiger partial charge in [-0.2, -0.15) is 4.37 Å². The van der Waals surface area contributed by atoms with Gasteiger partial charge in [0.25, 0.3) is 11.8 Å². The van der Waals surface area contributed by atoms with Gasteiger partial charge in [-0.1, -0.05) is 25.1 Å². The van der Waals surface area contributed by atoms with Crippen LogP contribution in [-0.2, 0) is 11.3 Å². The number of aromatic nitrogens is 1. The molecular weight excluding hydrogens is 496 g/mol. The lowest BCUT2D eigenvalue weighted by Gasteiger charge is -2.34. The van der Waals surface area contributed by atoms with Gasteiger partial charge in [0, 0.05) is 30.2 Å². The highest BCUT2D eigenvalue weighted by Gasteiger charge is 2.36. The van der Waals surface area contributed by atoms with Crippen LogP contribution < -0.4 is 21.7 Å². The van der Waals surface area contributed by atoms with Crippen LogP contribution in [0.1, 0.15) is 63.8 Å².